The molecule has 0 spiro atoms. The molecule has 0 saturated heterocycles. The van der Waals surface area contributed by atoms with Gasteiger partial charge in [0.1, 0.15) is 13.2 Å². The van der Waals surface area contributed by atoms with E-state index in [1.165, 1.54) is 0 Å². The normalized spacial score (nSPS) is 14.6. The number of nitrogens with one attached hydrogen (secondary N) is 1. The van der Waals surface area contributed by atoms with E-state index >= 15 is 0 Å². The second-order valence-electron chi connectivity index (χ2n) is 5.00. The summed E-state index contributed by atoms with van der Waals surface area (Å²) in [6.07, 6.45) is 0. The molecule has 2 aromatic carbocycles. The molecule has 4 nitrogen and oxygen atoms in total. The van der Waals surface area contributed by atoms with Crippen LogP contribution in [0.1, 0.15) is 18.5 Å². The van der Waals surface area contributed by atoms with Crippen LogP contribution in [0.5, 0.6) is 11.5 Å². The molecule has 0 aromatic heterocycles. The van der Waals surface area contributed by atoms with E-state index in [1.807, 2.05) is 30.3 Å². The average Bonchev–Trinajstić information content (AvgIpc) is 2.48. The second-order valence-corrected chi connectivity index (χ2v) is 5.44. The third-order valence-electron chi connectivity index (χ3n) is 3.44. The maximum Gasteiger partial charge on any atom is 0.163 e. The fourth-order valence-corrected chi connectivity index (χ4v) is 2.52. The lowest BCUT2D eigenvalue weighted by atomic mass is 10.1. The van der Waals surface area contributed by atoms with Crippen LogP contribution >= 0.6 is 11.6 Å². The Morgan fingerprint density at radius 2 is 1.86 bits per heavy atom. The van der Waals surface area contributed by atoms with Gasteiger partial charge in [-0.25, -0.2) is 0 Å². The smallest absolute Gasteiger partial charge is 0.163 e. The van der Waals surface area contributed by atoms with Crippen molar-refractivity contribution in [3.63, 3.8) is 0 Å². The molecule has 0 saturated carbocycles. The van der Waals surface area contributed by atoms with E-state index in [0.29, 0.717) is 24.7 Å². The summed E-state index contributed by atoms with van der Waals surface area (Å²) in [6.45, 7) is 3.17. The number of ether oxygens (including phenoxy) is 2. The standard InChI is InChI=1S/C16H17ClN2O2/c1-10(11-3-2-4-12(17)7-11)19-14-9-16-15(8-13(14)18)20-5-6-21-16/h2-4,7-10,19H,5-6,18H2,1H3. The van der Waals surface area contributed by atoms with Crippen molar-refractivity contribution >= 4 is 23.0 Å². The molecule has 0 amide bonds. The van der Waals surface area contributed by atoms with Gasteiger partial charge in [0, 0.05) is 23.2 Å². The molecule has 110 valence electrons. The van der Waals surface area contributed by atoms with Gasteiger partial charge < -0.3 is 20.5 Å². The van der Waals surface area contributed by atoms with Crippen LogP contribution in [0.2, 0.25) is 5.02 Å². The Labute approximate surface area is 128 Å². The Morgan fingerprint density at radius 3 is 2.57 bits per heavy atom. The predicted octanol–water partition coefficient (Wildman–Crippen LogP) is 3.87. The number of halogens is 1. The van der Waals surface area contributed by atoms with Crippen LogP contribution in [0.3, 0.4) is 0 Å². The molecule has 0 radical (unpaired) electrons. The van der Waals surface area contributed by atoms with Crippen LogP contribution in [0.25, 0.3) is 0 Å². The number of fused-ring (bicyclic) bond motifs is 1. The van der Waals surface area contributed by atoms with E-state index in [2.05, 4.69) is 12.2 Å². The highest BCUT2D eigenvalue weighted by atomic mass is 35.5. The van der Waals surface area contributed by atoms with Crippen molar-refractivity contribution in [2.45, 2.75) is 13.0 Å². The van der Waals surface area contributed by atoms with Crippen molar-refractivity contribution in [2.75, 3.05) is 24.3 Å². The minimum atomic E-state index is 0.0774. The summed E-state index contributed by atoms with van der Waals surface area (Å²) in [7, 11) is 0. The Balaban J connectivity index is 1.84. The number of nitrogens with two attached hydrogens (primary N) is 1. The molecule has 1 atom stereocenters. The molecule has 3 N–H and O–H groups in total. The summed E-state index contributed by atoms with van der Waals surface area (Å²) in [5.74, 6) is 1.41. The summed E-state index contributed by atoms with van der Waals surface area (Å²) in [5.41, 5.74) is 8.63. The van der Waals surface area contributed by atoms with Gasteiger partial charge in [0.25, 0.3) is 0 Å². The first kappa shape index (κ1) is 13.9. The molecule has 5 heteroatoms. The lowest BCUT2D eigenvalue weighted by molar-refractivity contribution is 0.172. The molecule has 0 fully saturated rings. The number of rotatable bonds is 3. The first-order valence-electron chi connectivity index (χ1n) is 6.84. The van der Waals surface area contributed by atoms with E-state index in [1.54, 1.807) is 6.07 Å². The second kappa shape index (κ2) is 5.74. The lowest BCUT2D eigenvalue weighted by Crippen LogP contribution is -2.16. The van der Waals surface area contributed by atoms with Crippen LogP contribution in [0, 0.1) is 0 Å². The van der Waals surface area contributed by atoms with Gasteiger partial charge in [-0.05, 0) is 24.6 Å². The van der Waals surface area contributed by atoms with E-state index < -0.39 is 0 Å². The van der Waals surface area contributed by atoms with Crippen LogP contribution in [-0.2, 0) is 0 Å². The number of hydrogen-bond acceptors (Lipinski definition) is 4. The van der Waals surface area contributed by atoms with Crippen LogP contribution in [0.15, 0.2) is 36.4 Å². The highest BCUT2D eigenvalue weighted by Crippen LogP contribution is 2.38. The maximum atomic E-state index is 6.08. The van der Waals surface area contributed by atoms with Gasteiger partial charge >= 0.3 is 0 Å². The fourth-order valence-electron chi connectivity index (χ4n) is 2.32. The number of hydrogen-bond donors (Lipinski definition) is 2. The highest BCUT2D eigenvalue weighted by molar-refractivity contribution is 6.30. The van der Waals surface area contributed by atoms with E-state index in [9.17, 15) is 0 Å². The summed E-state index contributed by atoms with van der Waals surface area (Å²) < 4.78 is 11.1. The molecule has 0 bridgehead atoms. The molecule has 1 heterocycles. The zero-order valence-corrected chi connectivity index (χ0v) is 12.5. The summed E-state index contributed by atoms with van der Waals surface area (Å²) in [4.78, 5) is 0. The third kappa shape index (κ3) is 3.00. The molecule has 1 aliphatic rings. The largest absolute Gasteiger partial charge is 0.486 e. The van der Waals surface area contributed by atoms with Crippen LogP contribution in [0.4, 0.5) is 11.4 Å². The quantitative estimate of drug-likeness (QED) is 0.845. The molecular formula is C16H17ClN2O2. The van der Waals surface area contributed by atoms with Gasteiger partial charge in [-0.15, -0.1) is 0 Å². The molecule has 3 rings (SSSR count). The first-order chi connectivity index (χ1) is 10.1. The molecule has 0 aliphatic carbocycles. The van der Waals surface area contributed by atoms with Crippen molar-refractivity contribution in [1.82, 2.24) is 0 Å². The molecule has 2 aromatic rings. The molecule has 1 aliphatic heterocycles. The first-order valence-corrected chi connectivity index (χ1v) is 7.22. The van der Waals surface area contributed by atoms with Crippen molar-refractivity contribution in [1.29, 1.82) is 0 Å². The van der Waals surface area contributed by atoms with E-state index in [0.717, 1.165) is 22.0 Å². The summed E-state index contributed by atoms with van der Waals surface area (Å²) in [5, 5.41) is 4.10. The Morgan fingerprint density at radius 1 is 1.14 bits per heavy atom. The highest BCUT2D eigenvalue weighted by Gasteiger charge is 2.16. The van der Waals surface area contributed by atoms with Crippen molar-refractivity contribution in [2.24, 2.45) is 0 Å². The van der Waals surface area contributed by atoms with Gasteiger partial charge in [-0.1, -0.05) is 23.7 Å². The van der Waals surface area contributed by atoms with Crippen molar-refractivity contribution in [3.05, 3.63) is 47.0 Å². The number of anilines is 2. The molecule has 1 unspecified atom stereocenters. The van der Waals surface area contributed by atoms with Crippen LogP contribution < -0.4 is 20.5 Å². The van der Waals surface area contributed by atoms with Crippen molar-refractivity contribution < 1.29 is 9.47 Å². The summed E-state index contributed by atoms with van der Waals surface area (Å²) in [6, 6.07) is 11.5. The third-order valence-corrected chi connectivity index (χ3v) is 3.67. The lowest BCUT2D eigenvalue weighted by Gasteiger charge is -2.22. The minimum absolute atomic E-state index is 0.0774. The zero-order chi connectivity index (χ0) is 14.8. The molecular weight excluding hydrogens is 288 g/mol. The SMILES string of the molecule is CC(Nc1cc2c(cc1N)OCCO2)c1cccc(Cl)c1. The predicted molar refractivity (Wildman–Crippen MR) is 85.3 cm³/mol. The Bertz CT molecular complexity index is 661. The van der Waals surface area contributed by atoms with Gasteiger partial charge in [0.05, 0.1) is 11.4 Å². The van der Waals surface area contributed by atoms with Gasteiger partial charge in [-0.3, -0.25) is 0 Å². The summed E-state index contributed by atoms with van der Waals surface area (Å²) >= 11 is 6.03. The van der Waals surface area contributed by atoms with Gasteiger partial charge in [-0.2, -0.15) is 0 Å². The maximum absolute atomic E-state index is 6.08. The van der Waals surface area contributed by atoms with Gasteiger partial charge in [0.15, 0.2) is 11.5 Å². The number of benzene rings is 2. The van der Waals surface area contributed by atoms with Crippen LogP contribution in [-0.4, -0.2) is 13.2 Å². The fraction of sp³-hybridized carbons (Fsp3) is 0.250. The number of nitrogen functional groups attached to an aromatic ring is 1. The minimum Gasteiger partial charge on any atom is -0.486 e. The van der Waals surface area contributed by atoms with Gasteiger partial charge in [0.2, 0.25) is 0 Å². The monoisotopic (exact) mass is 304 g/mol. The topological polar surface area (TPSA) is 56.5 Å². The molecule has 21 heavy (non-hydrogen) atoms. The Hall–Kier alpha value is -2.07. The zero-order valence-electron chi connectivity index (χ0n) is 11.7. The van der Waals surface area contributed by atoms with Crippen molar-refractivity contribution in [3.8, 4) is 11.5 Å². The Kier molecular flexibility index (Phi) is 3.80. The van der Waals surface area contributed by atoms with E-state index in [-0.39, 0.29) is 6.04 Å². The average molecular weight is 305 g/mol. The van der Waals surface area contributed by atoms with E-state index in [4.69, 9.17) is 26.8 Å².